The number of hydrogen-bond acceptors (Lipinski definition) is 6. The molecular weight excluding hydrogens is 384 g/mol. The number of ether oxygens (including phenoxy) is 2. The molecule has 0 saturated carbocycles. The van der Waals surface area contributed by atoms with E-state index in [-0.39, 0.29) is 12.1 Å². The van der Waals surface area contributed by atoms with Gasteiger partial charge < -0.3 is 24.2 Å². The highest BCUT2D eigenvalue weighted by atomic mass is 16.5. The fraction of sp³-hybridized carbons (Fsp3) is 0.318. The molecule has 1 saturated heterocycles. The van der Waals surface area contributed by atoms with Crippen LogP contribution in [0.3, 0.4) is 0 Å². The van der Waals surface area contributed by atoms with Gasteiger partial charge in [0.2, 0.25) is 11.7 Å². The minimum atomic E-state index is -0.264. The lowest BCUT2D eigenvalue weighted by Gasteiger charge is -2.23. The lowest BCUT2D eigenvalue weighted by atomic mass is 10.1. The summed E-state index contributed by atoms with van der Waals surface area (Å²) in [6, 6.07) is 12.7. The SMILES string of the molecule is COc1ccc(NC(=O)N2CCCC2c2nc(-c3cccc(C)c3)no2)c(OC)c1. The maximum atomic E-state index is 13.0. The minimum absolute atomic E-state index is 0.240. The van der Waals surface area contributed by atoms with E-state index in [0.29, 0.717) is 35.4 Å². The van der Waals surface area contributed by atoms with E-state index in [9.17, 15) is 4.79 Å². The van der Waals surface area contributed by atoms with Crippen molar-refractivity contribution in [3.8, 4) is 22.9 Å². The van der Waals surface area contributed by atoms with E-state index < -0.39 is 0 Å². The van der Waals surface area contributed by atoms with Crippen molar-refractivity contribution in [3.05, 3.63) is 53.9 Å². The summed E-state index contributed by atoms with van der Waals surface area (Å²) in [5, 5.41) is 7.03. The Morgan fingerprint density at radius 3 is 2.83 bits per heavy atom. The fourth-order valence-electron chi connectivity index (χ4n) is 3.63. The molecule has 0 spiro atoms. The molecule has 2 heterocycles. The number of amides is 2. The maximum Gasteiger partial charge on any atom is 0.322 e. The summed E-state index contributed by atoms with van der Waals surface area (Å²) in [5.74, 6) is 2.15. The van der Waals surface area contributed by atoms with E-state index in [0.717, 1.165) is 24.0 Å². The minimum Gasteiger partial charge on any atom is -0.497 e. The van der Waals surface area contributed by atoms with Crippen LogP contribution in [0.1, 0.15) is 30.3 Å². The number of carbonyl (C=O) groups is 1. The first-order chi connectivity index (χ1) is 14.6. The number of aromatic nitrogens is 2. The first-order valence-corrected chi connectivity index (χ1v) is 9.79. The number of anilines is 1. The topological polar surface area (TPSA) is 89.7 Å². The van der Waals surface area contributed by atoms with Crippen LogP contribution in [0.5, 0.6) is 11.5 Å². The van der Waals surface area contributed by atoms with Gasteiger partial charge in [-0.1, -0.05) is 28.9 Å². The van der Waals surface area contributed by atoms with Gasteiger partial charge in [0.25, 0.3) is 0 Å². The molecule has 30 heavy (non-hydrogen) atoms. The second-order valence-corrected chi connectivity index (χ2v) is 7.17. The van der Waals surface area contributed by atoms with E-state index in [2.05, 4.69) is 15.5 Å². The summed E-state index contributed by atoms with van der Waals surface area (Å²) in [6.45, 7) is 2.62. The van der Waals surface area contributed by atoms with Crippen LogP contribution in [0.15, 0.2) is 47.0 Å². The van der Waals surface area contributed by atoms with Crippen molar-refractivity contribution in [2.75, 3.05) is 26.1 Å². The maximum absolute atomic E-state index is 13.0. The van der Waals surface area contributed by atoms with Gasteiger partial charge in [0.05, 0.1) is 19.9 Å². The first kappa shape index (κ1) is 19.8. The largest absolute Gasteiger partial charge is 0.497 e. The van der Waals surface area contributed by atoms with Gasteiger partial charge in [-0.25, -0.2) is 4.79 Å². The van der Waals surface area contributed by atoms with Crippen molar-refractivity contribution in [1.29, 1.82) is 0 Å². The molecule has 1 unspecified atom stereocenters. The standard InChI is InChI=1S/C22H24N4O4/c1-14-6-4-7-15(12-14)20-24-21(30-25-20)18-8-5-11-26(18)22(27)23-17-10-9-16(28-2)13-19(17)29-3/h4,6-7,9-10,12-13,18H,5,8,11H2,1-3H3,(H,23,27). The molecule has 1 atom stereocenters. The summed E-state index contributed by atoms with van der Waals surface area (Å²) in [6.07, 6.45) is 1.63. The number of benzene rings is 2. The van der Waals surface area contributed by atoms with Gasteiger partial charge in [-0.3, -0.25) is 0 Å². The normalized spacial score (nSPS) is 15.8. The Balaban J connectivity index is 1.52. The molecule has 3 aromatic rings. The molecule has 8 heteroatoms. The van der Waals surface area contributed by atoms with E-state index in [1.807, 2.05) is 31.2 Å². The third-order valence-electron chi connectivity index (χ3n) is 5.17. The molecule has 4 rings (SSSR count). The Labute approximate surface area is 174 Å². The quantitative estimate of drug-likeness (QED) is 0.672. The second kappa shape index (κ2) is 8.44. The summed E-state index contributed by atoms with van der Waals surface area (Å²) < 4.78 is 16.1. The van der Waals surface area contributed by atoms with Crippen LogP contribution >= 0.6 is 0 Å². The Morgan fingerprint density at radius 1 is 1.20 bits per heavy atom. The molecule has 1 fully saturated rings. The number of methoxy groups -OCH3 is 2. The number of rotatable bonds is 5. The highest BCUT2D eigenvalue weighted by Crippen LogP contribution is 2.34. The van der Waals surface area contributed by atoms with Crippen LogP contribution in [0.2, 0.25) is 0 Å². The third-order valence-corrected chi connectivity index (χ3v) is 5.17. The van der Waals surface area contributed by atoms with Crippen LogP contribution < -0.4 is 14.8 Å². The zero-order chi connectivity index (χ0) is 21.1. The van der Waals surface area contributed by atoms with Crippen LogP contribution in [0.25, 0.3) is 11.4 Å². The zero-order valence-electron chi connectivity index (χ0n) is 17.2. The monoisotopic (exact) mass is 408 g/mol. The predicted molar refractivity (Wildman–Crippen MR) is 112 cm³/mol. The number of hydrogen-bond donors (Lipinski definition) is 1. The van der Waals surface area contributed by atoms with E-state index in [1.54, 1.807) is 37.3 Å². The average molecular weight is 408 g/mol. The Morgan fingerprint density at radius 2 is 2.07 bits per heavy atom. The molecule has 156 valence electrons. The molecule has 1 aliphatic heterocycles. The number of nitrogens with zero attached hydrogens (tertiary/aromatic N) is 3. The van der Waals surface area contributed by atoms with Crippen molar-refractivity contribution in [3.63, 3.8) is 0 Å². The van der Waals surface area contributed by atoms with Gasteiger partial charge in [-0.2, -0.15) is 4.98 Å². The second-order valence-electron chi connectivity index (χ2n) is 7.17. The lowest BCUT2D eigenvalue weighted by molar-refractivity contribution is 0.193. The van der Waals surface area contributed by atoms with Gasteiger partial charge in [-0.05, 0) is 38.0 Å². The molecule has 1 aliphatic rings. The van der Waals surface area contributed by atoms with Gasteiger partial charge in [0.1, 0.15) is 17.5 Å². The van der Waals surface area contributed by atoms with Crippen molar-refractivity contribution in [2.24, 2.45) is 0 Å². The summed E-state index contributed by atoms with van der Waals surface area (Å²) in [7, 11) is 3.13. The number of urea groups is 1. The third kappa shape index (κ3) is 3.94. The molecule has 1 aromatic heterocycles. The first-order valence-electron chi connectivity index (χ1n) is 9.79. The van der Waals surface area contributed by atoms with E-state index >= 15 is 0 Å². The van der Waals surface area contributed by atoms with Crippen LogP contribution in [-0.4, -0.2) is 41.8 Å². The summed E-state index contributed by atoms with van der Waals surface area (Å²) >= 11 is 0. The van der Waals surface area contributed by atoms with Gasteiger partial charge >= 0.3 is 6.03 Å². The Bertz CT molecular complexity index is 1050. The van der Waals surface area contributed by atoms with Crippen LogP contribution in [-0.2, 0) is 0 Å². The number of aryl methyl sites for hydroxylation is 1. The van der Waals surface area contributed by atoms with Crippen LogP contribution in [0.4, 0.5) is 10.5 Å². The smallest absolute Gasteiger partial charge is 0.322 e. The number of carbonyl (C=O) groups excluding carboxylic acids is 1. The van der Waals surface area contributed by atoms with Gasteiger partial charge in [0, 0.05) is 18.2 Å². The molecule has 0 aliphatic carbocycles. The molecule has 2 amide bonds. The van der Waals surface area contributed by atoms with E-state index in [4.69, 9.17) is 14.0 Å². The molecule has 1 N–H and O–H groups in total. The predicted octanol–water partition coefficient (Wildman–Crippen LogP) is 4.43. The highest BCUT2D eigenvalue weighted by molar-refractivity contribution is 5.91. The van der Waals surface area contributed by atoms with Gasteiger partial charge in [-0.15, -0.1) is 0 Å². The average Bonchev–Trinajstić information content (AvgIpc) is 3.43. The number of likely N-dealkylation sites (tertiary alicyclic amines) is 1. The Kier molecular flexibility index (Phi) is 5.56. The molecule has 8 nitrogen and oxygen atoms in total. The summed E-state index contributed by atoms with van der Waals surface area (Å²) in [5.41, 5.74) is 2.58. The highest BCUT2D eigenvalue weighted by Gasteiger charge is 2.34. The Hall–Kier alpha value is -3.55. The van der Waals surface area contributed by atoms with Crippen molar-refractivity contribution >= 4 is 11.7 Å². The van der Waals surface area contributed by atoms with E-state index in [1.165, 1.54) is 0 Å². The van der Waals surface area contributed by atoms with Gasteiger partial charge in [0.15, 0.2) is 0 Å². The van der Waals surface area contributed by atoms with Crippen LogP contribution in [0, 0.1) is 6.92 Å². The van der Waals surface area contributed by atoms with Crippen molar-refractivity contribution in [2.45, 2.75) is 25.8 Å². The molecule has 2 aromatic carbocycles. The van der Waals surface area contributed by atoms with Crippen molar-refractivity contribution < 1.29 is 18.8 Å². The fourth-order valence-corrected chi connectivity index (χ4v) is 3.63. The molecule has 0 radical (unpaired) electrons. The van der Waals surface area contributed by atoms with Crippen molar-refractivity contribution in [1.82, 2.24) is 15.0 Å². The number of nitrogens with one attached hydrogen (secondary N) is 1. The lowest BCUT2D eigenvalue weighted by Crippen LogP contribution is -2.34. The zero-order valence-corrected chi connectivity index (χ0v) is 17.2. The molecular formula is C22H24N4O4. The summed E-state index contributed by atoms with van der Waals surface area (Å²) in [4.78, 5) is 19.3. The molecule has 0 bridgehead atoms.